The Morgan fingerprint density at radius 2 is 2.00 bits per heavy atom. The summed E-state index contributed by atoms with van der Waals surface area (Å²) in [6.07, 6.45) is 6.57. The van der Waals surface area contributed by atoms with E-state index in [0.29, 0.717) is 5.41 Å². The molecule has 1 aliphatic carbocycles. The van der Waals surface area contributed by atoms with Crippen LogP contribution in [0.1, 0.15) is 39.0 Å². The van der Waals surface area contributed by atoms with Gasteiger partial charge in [0.15, 0.2) is 0 Å². The van der Waals surface area contributed by atoms with Crippen molar-refractivity contribution in [3.63, 3.8) is 0 Å². The van der Waals surface area contributed by atoms with E-state index in [1.807, 2.05) is 0 Å². The Hall–Kier alpha value is -0.120. The Balaban J connectivity index is 1.81. The lowest BCUT2D eigenvalue weighted by atomic mass is 9.79. The zero-order valence-corrected chi connectivity index (χ0v) is 12.2. The first-order chi connectivity index (χ1) is 8.74. The van der Waals surface area contributed by atoms with Crippen LogP contribution in [-0.2, 0) is 4.74 Å². The van der Waals surface area contributed by atoms with E-state index in [9.17, 15) is 0 Å². The van der Waals surface area contributed by atoms with Crippen LogP contribution in [0.25, 0.3) is 0 Å². The van der Waals surface area contributed by atoms with Gasteiger partial charge in [0, 0.05) is 32.8 Å². The summed E-state index contributed by atoms with van der Waals surface area (Å²) >= 11 is 0. The van der Waals surface area contributed by atoms with Crippen LogP contribution in [0.2, 0.25) is 0 Å². The second kappa shape index (κ2) is 6.88. The van der Waals surface area contributed by atoms with Crippen molar-refractivity contribution in [2.45, 2.75) is 39.0 Å². The summed E-state index contributed by atoms with van der Waals surface area (Å²) in [4.78, 5) is 2.57. The highest BCUT2D eigenvalue weighted by molar-refractivity contribution is 4.88. The van der Waals surface area contributed by atoms with Gasteiger partial charge in [0.2, 0.25) is 0 Å². The molecule has 2 aliphatic rings. The smallest absolute Gasteiger partial charge is 0.0472 e. The lowest BCUT2D eigenvalue weighted by Gasteiger charge is -2.40. The van der Waals surface area contributed by atoms with Crippen molar-refractivity contribution in [1.29, 1.82) is 0 Å². The molecule has 0 amide bonds. The van der Waals surface area contributed by atoms with Crippen molar-refractivity contribution in [1.82, 2.24) is 10.2 Å². The summed E-state index contributed by atoms with van der Waals surface area (Å²) in [7, 11) is 2.30. The minimum atomic E-state index is 0.455. The van der Waals surface area contributed by atoms with Crippen molar-refractivity contribution in [2.75, 3.05) is 46.4 Å². The molecule has 0 unspecified atom stereocenters. The van der Waals surface area contributed by atoms with E-state index in [1.54, 1.807) is 0 Å². The predicted molar refractivity (Wildman–Crippen MR) is 75.9 cm³/mol. The Morgan fingerprint density at radius 3 is 2.61 bits per heavy atom. The van der Waals surface area contributed by atoms with Gasteiger partial charge in [-0.1, -0.05) is 6.92 Å². The molecule has 2 rings (SSSR count). The van der Waals surface area contributed by atoms with Gasteiger partial charge in [-0.25, -0.2) is 0 Å². The van der Waals surface area contributed by atoms with Gasteiger partial charge >= 0.3 is 0 Å². The molecule has 1 saturated heterocycles. The molecule has 0 aromatic carbocycles. The highest BCUT2D eigenvalue weighted by Gasteiger charge is 2.34. The first-order valence-electron chi connectivity index (χ1n) is 7.71. The van der Waals surface area contributed by atoms with Crippen LogP contribution in [-0.4, -0.2) is 51.3 Å². The number of hydrogen-bond donors (Lipinski definition) is 1. The van der Waals surface area contributed by atoms with E-state index in [1.165, 1.54) is 51.7 Å². The zero-order valence-electron chi connectivity index (χ0n) is 12.2. The van der Waals surface area contributed by atoms with Crippen LogP contribution < -0.4 is 5.32 Å². The first-order valence-corrected chi connectivity index (χ1v) is 7.71. The molecule has 18 heavy (non-hydrogen) atoms. The van der Waals surface area contributed by atoms with Crippen LogP contribution in [0, 0.1) is 11.3 Å². The van der Waals surface area contributed by atoms with Crippen LogP contribution in [0.5, 0.6) is 0 Å². The molecule has 0 aromatic rings. The summed E-state index contributed by atoms with van der Waals surface area (Å²) in [6.45, 7) is 8.99. The van der Waals surface area contributed by atoms with E-state index >= 15 is 0 Å². The molecule has 1 heterocycles. The standard InChI is InChI=1S/C15H30N2O/c1-3-8-16-12-15(6-9-18-10-7-15)13-17(2)11-14-4-5-14/h14,16H,3-13H2,1-2H3. The average Bonchev–Trinajstić information content (AvgIpc) is 3.14. The quantitative estimate of drug-likeness (QED) is 0.672. The van der Waals surface area contributed by atoms with Gasteiger partial charge in [0.05, 0.1) is 0 Å². The third-order valence-electron chi connectivity index (χ3n) is 4.35. The van der Waals surface area contributed by atoms with Gasteiger partial charge in [0.25, 0.3) is 0 Å². The molecule has 0 aromatic heterocycles. The van der Waals surface area contributed by atoms with Gasteiger partial charge < -0.3 is 15.0 Å². The molecule has 1 N–H and O–H groups in total. The normalized spacial score (nSPS) is 23.5. The lowest BCUT2D eigenvalue weighted by Crippen LogP contribution is -2.47. The summed E-state index contributed by atoms with van der Waals surface area (Å²) < 4.78 is 5.56. The number of ether oxygens (including phenoxy) is 1. The first kappa shape index (κ1) is 14.3. The fourth-order valence-electron chi connectivity index (χ4n) is 3.10. The van der Waals surface area contributed by atoms with Crippen molar-refractivity contribution in [2.24, 2.45) is 11.3 Å². The maximum Gasteiger partial charge on any atom is 0.0472 e. The molecule has 1 saturated carbocycles. The molecule has 0 spiro atoms. The fourth-order valence-corrected chi connectivity index (χ4v) is 3.10. The molecular formula is C15H30N2O. The predicted octanol–water partition coefficient (Wildman–Crippen LogP) is 2.12. The Labute approximate surface area is 112 Å². The number of hydrogen-bond acceptors (Lipinski definition) is 3. The highest BCUT2D eigenvalue weighted by Crippen LogP contribution is 2.33. The lowest BCUT2D eigenvalue weighted by molar-refractivity contribution is -0.00101. The zero-order chi connectivity index (χ0) is 12.8. The summed E-state index contributed by atoms with van der Waals surface area (Å²) in [6, 6.07) is 0. The van der Waals surface area contributed by atoms with E-state index in [0.717, 1.165) is 25.7 Å². The van der Waals surface area contributed by atoms with E-state index in [-0.39, 0.29) is 0 Å². The Kier molecular flexibility index (Phi) is 5.46. The highest BCUT2D eigenvalue weighted by atomic mass is 16.5. The molecular weight excluding hydrogens is 224 g/mol. The second-order valence-electron chi connectivity index (χ2n) is 6.43. The van der Waals surface area contributed by atoms with Crippen LogP contribution in [0.4, 0.5) is 0 Å². The molecule has 3 heteroatoms. The molecule has 0 atom stereocenters. The monoisotopic (exact) mass is 254 g/mol. The Morgan fingerprint density at radius 1 is 1.28 bits per heavy atom. The maximum atomic E-state index is 5.56. The van der Waals surface area contributed by atoms with Crippen LogP contribution in [0.3, 0.4) is 0 Å². The molecule has 0 radical (unpaired) electrons. The summed E-state index contributed by atoms with van der Waals surface area (Å²) in [5.74, 6) is 0.996. The number of nitrogens with one attached hydrogen (secondary N) is 1. The van der Waals surface area contributed by atoms with E-state index in [4.69, 9.17) is 4.74 Å². The van der Waals surface area contributed by atoms with Crippen molar-refractivity contribution >= 4 is 0 Å². The summed E-state index contributed by atoms with van der Waals surface area (Å²) in [5.41, 5.74) is 0.455. The average molecular weight is 254 g/mol. The number of nitrogens with zero attached hydrogens (tertiary/aromatic N) is 1. The van der Waals surface area contributed by atoms with Gasteiger partial charge in [-0.2, -0.15) is 0 Å². The fraction of sp³-hybridized carbons (Fsp3) is 1.00. The topological polar surface area (TPSA) is 24.5 Å². The second-order valence-corrected chi connectivity index (χ2v) is 6.43. The third kappa shape index (κ3) is 4.52. The van der Waals surface area contributed by atoms with Gasteiger partial charge in [0.1, 0.15) is 0 Å². The molecule has 106 valence electrons. The van der Waals surface area contributed by atoms with E-state index in [2.05, 4.69) is 24.2 Å². The van der Waals surface area contributed by atoms with Crippen molar-refractivity contribution < 1.29 is 4.74 Å². The van der Waals surface area contributed by atoms with Gasteiger partial charge in [-0.3, -0.25) is 0 Å². The van der Waals surface area contributed by atoms with Gasteiger partial charge in [-0.05, 0) is 57.0 Å². The summed E-state index contributed by atoms with van der Waals surface area (Å²) in [5, 5.41) is 3.64. The Bertz CT molecular complexity index is 235. The minimum Gasteiger partial charge on any atom is -0.381 e. The van der Waals surface area contributed by atoms with E-state index < -0.39 is 0 Å². The molecule has 0 bridgehead atoms. The third-order valence-corrected chi connectivity index (χ3v) is 4.35. The van der Waals surface area contributed by atoms with Crippen LogP contribution in [0.15, 0.2) is 0 Å². The van der Waals surface area contributed by atoms with Crippen LogP contribution >= 0.6 is 0 Å². The SMILES string of the molecule is CCCNCC1(CN(C)CC2CC2)CCOCC1. The molecule has 2 fully saturated rings. The molecule has 3 nitrogen and oxygen atoms in total. The molecule has 1 aliphatic heterocycles. The largest absolute Gasteiger partial charge is 0.381 e. The van der Waals surface area contributed by atoms with Crippen molar-refractivity contribution in [3.8, 4) is 0 Å². The maximum absolute atomic E-state index is 5.56. The van der Waals surface area contributed by atoms with Crippen molar-refractivity contribution in [3.05, 3.63) is 0 Å². The minimum absolute atomic E-state index is 0.455. The number of rotatable bonds is 8. The van der Waals surface area contributed by atoms with Gasteiger partial charge in [-0.15, -0.1) is 0 Å².